The summed E-state index contributed by atoms with van der Waals surface area (Å²) in [5.41, 5.74) is 9.17. The van der Waals surface area contributed by atoms with Crippen LogP contribution in [0.15, 0.2) is 24.4 Å². The molecule has 0 radical (unpaired) electrons. The Kier molecular flexibility index (Phi) is 4.50. The molecule has 0 saturated carbocycles. The Bertz CT molecular complexity index is 578. The van der Waals surface area contributed by atoms with Crippen molar-refractivity contribution in [3.63, 3.8) is 0 Å². The highest BCUT2D eigenvalue weighted by Crippen LogP contribution is 2.28. The van der Waals surface area contributed by atoms with Gasteiger partial charge < -0.3 is 5.73 Å². The molecule has 0 bridgehead atoms. The second kappa shape index (κ2) is 5.95. The van der Waals surface area contributed by atoms with Gasteiger partial charge in [-0.3, -0.25) is 4.68 Å². The summed E-state index contributed by atoms with van der Waals surface area (Å²) in [6.45, 7) is 4.86. The van der Waals surface area contributed by atoms with Gasteiger partial charge in [0.1, 0.15) is 0 Å². The van der Waals surface area contributed by atoms with E-state index in [0.29, 0.717) is 5.02 Å². The molecule has 2 aromatic rings. The molecule has 0 aliphatic carbocycles. The molecule has 19 heavy (non-hydrogen) atoms. The molecule has 0 saturated heterocycles. The fourth-order valence-corrected chi connectivity index (χ4v) is 2.47. The maximum absolute atomic E-state index is 6.32. The first-order valence-corrected chi connectivity index (χ1v) is 7.03. The van der Waals surface area contributed by atoms with Crippen LogP contribution in [0.2, 0.25) is 10.0 Å². The lowest BCUT2D eigenvalue weighted by atomic mass is 10.0. The fraction of sp³-hybridized carbons (Fsp3) is 0.357. The standard InChI is InChI=1S/C14H17Cl2N3/c1-3-6-19-14(12(16)8-18-19)13(17)10-4-5-11(15)9(2)7-10/h4-5,7-8,13H,3,6,17H2,1-2H3. The molecule has 0 amide bonds. The van der Waals surface area contributed by atoms with E-state index in [-0.39, 0.29) is 6.04 Å². The summed E-state index contributed by atoms with van der Waals surface area (Å²) >= 11 is 12.2. The second-order valence-electron chi connectivity index (χ2n) is 4.59. The van der Waals surface area contributed by atoms with Crippen molar-refractivity contribution in [2.45, 2.75) is 32.9 Å². The fourth-order valence-electron chi connectivity index (χ4n) is 2.09. The second-order valence-corrected chi connectivity index (χ2v) is 5.40. The summed E-state index contributed by atoms with van der Waals surface area (Å²) in [6, 6.07) is 5.49. The zero-order valence-corrected chi connectivity index (χ0v) is 12.5. The highest BCUT2D eigenvalue weighted by Gasteiger charge is 2.18. The Hall–Kier alpha value is -1.03. The maximum atomic E-state index is 6.32. The molecule has 1 heterocycles. The summed E-state index contributed by atoms with van der Waals surface area (Å²) < 4.78 is 1.87. The van der Waals surface area contributed by atoms with E-state index < -0.39 is 0 Å². The van der Waals surface area contributed by atoms with Crippen molar-refractivity contribution < 1.29 is 0 Å². The number of rotatable bonds is 4. The van der Waals surface area contributed by atoms with Crippen molar-refractivity contribution >= 4 is 23.2 Å². The van der Waals surface area contributed by atoms with E-state index in [9.17, 15) is 0 Å². The van der Waals surface area contributed by atoms with Crippen molar-refractivity contribution in [2.75, 3.05) is 0 Å². The van der Waals surface area contributed by atoms with Crippen LogP contribution in [0.1, 0.15) is 36.2 Å². The molecule has 0 fully saturated rings. The van der Waals surface area contributed by atoms with Crippen LogP contribution in [-0.4, -0.2) is 9.78 Å². The van der Waals surface area contributed by atoms with E-state index in [1.54, 1.807) is 6.20 Å². The molecule has 0 spiro atoms. The highest BCUT2D eigenvalue weighted by molar-refractivity contribution is 6.31. The topological polar surface area (TPSA) is 43.8 Å². The third-order valence-electron chi connectivity index (χ3n) is 3.10. The molecule has 102 valence electrons. The van der Waals surface area contributed by atoms with Gasteiger partial charge in [0, 0.05) is 11.6 Å². The van der Waals surface area contributed by atoms with Crippen molar-refractivity contribution in [3.05, 3.63) is 51.3 Å². The molecule has 1 atom stereocenters. The van der Waals surface area contributed by atoms with Crippen LogP contribution in [0.5, 0.6) is 0 Å². The van der Waals surface area contributed by atoms with Crippen LogP contribution in [0, 0.1) is 6.92 Å². The Morgan fingerprint density at radius 1 is 1.32 bits per heavy atom. The van der Waals surface area contributed by atoms with E-state index in [0.717, 1.165) is 34.8 Å². The third kappa shape index (κ3) is 2.94. The minimum atomic E-state index is -0.294. The van der Waals surface area contributed by atoms with Crippen molar-refractivity contribution in [3.8, 4) is 0 Å². The number of halogens is 2. The van der Waals surface area contributed by atoms with Gasteiger partial charge in [-0.15, -0.1) is 0 Å². The van der Waals surface area contributed by atoms with E-state index in [1.165, 1.54) is 0 Å². The number of aryl methyl sites for hydroxylation is 2. The quantitative estimate of drug-likeness (QED) is 0.928. The van der Waals surface area contributed by atoms with Gasteiger partial charge in [-0.25, -0.2) is 0 Å². The van der Waals surface area contributed by atoms with Crippen LogP contribution in [0.25, 0.3) is 0 Å². The SMILES string of the molecule is CCCn1ncc(Cl)c1C(N)c1ccc(Cl)c(C)c1. The van der Waals surface area contributed by atoms with E-state index in [1.807, 2.05) is 29.8 Å². The van der Waals surface area contributed by atoms with E-state index in [2.05, 4.69) is 12.0 Å². The number of hydrogen-bond donors (Lipinski definition) is 1. The number of aromatic nitrogens is 2. The maximum Gasteiger partial charge on any atom is 0.0837 e. The molecular formula is C14H17Cl2N3. The minimum Gasteiger partial charge on any atom is -0.319 e. The predicted octanol–water partition coefficient (Wildman–Crippen LogP) is 3.96. The number of hydrogen-bond acceptors (Lipinski definition) is 2. The van der Waals surface area contributed by atoms with Gasteiger partial charge in [0.15, 0.2) is 0 Å². The van der Waals surface area contributed by atoms with Crippen LogP contribution < -0.4 is 5.73 Å². The predicted molar refractivity (Wildman–Crippen MR) is 79.7 cm³/mol. The average molecular weight is 298 g/mol. The molecule has 2 rings (SSSR count). The third-order valence-corrected chi connectivity index (χ3v) is 3.82. The first-order valence-electron chi connectivity index (χ1n) is 6.27. The molecule has 1 unspecified atom stereocenters. The van der Waals surface area contributed by atoms with Gasteiger partial charge in [0.25, 0.3) is 0 Å². The summed E-state index contributed by atoms with van der Waals surface area (Å²) in [7, 11) is 0. The van der Waals surface area contributed by atoms with Gasteiger partial charge in [-0.05, 0) is 30.5 Å². The molecule has 0 aliphatic rings. The highest BCUT2D eigenvalue weighted by atomic mass is 35.5. The first kappa shape index (κ1) is 14.4. The Balaban J connectivity index is 2.40. The molecule has 1 aromatic heterocycles. The van der Waals surface area contributed by atoms with E-state index >= 15 is 0 Å². The zero-order chi connectivity index (χ0) is 14.0. The number of nitrogens with two attached hydrogens (primary N) is 1. The monoisotopic (exact) mass is 297 g/mol. The Morgan fingerprint density at radius 3 is 2.68 bits per heavy atom. The summed E-state index contributed by atoms with van der Waals surface area (Å²) in [4.78, 5) is 0. The lowest BCUT2D eigenvalue weighted by Crippen LogP contribution is -2.18. The average Bonchev–Trinajstić information content (AvgIpc) is 2.74. The number of benzene rings is 1. The van der Waals surface area contributed by atoms with Crippen LogP contribution >= 0.6 is 23.2 Å². The van der Waals surface area contributed by atoms with Crippen LogP contribution in [0.3, 0.4) is 0 Å². The molecule has 0 aliphatic heterocycles. The largest absolute Gasteiger partial charge is 0.319 e. The van der Waals surface area contributed by atoms with Crippen molar-refractivity contribution in [1.82, 2.24) is 9.78 Å². The van der Waals surface area contributed by atoms with Crippen molar-refractivity contribution in [1.29, 1.82) is 0 Å². The summed E-state index contributed by atoms with van der Waals surface area (Å²) in [5.74, 6) is 0. The van der Waals surface area contributed by atoms with Crippen molar-refractivity contribution in [2.24, 2.45) is 5.73 Å². The Morgan fingerprint density at radius 2 is 2.05 bits per heavy atom. The molecule has 3 nitrogen and oxygen atoms in total. The summed E-state index contributed by atoms with van der Waals surface area (Å²) in [6.07, 6.45) is 2.63. The van der Waals surface area contributed by atoms with Gasteiger partial charge in [-0.2, -0.15) is 5.10 Å². The van der Waals surface area contributed by atoms with Crippen LogP contribution in [-0.2, 0) is 6.54 Å². The van der Waals surface area contributed by atoms with Crippen LogP contribution in [0.4, 0.5) is 0 Å². The lowest BCUT2D eigenvalue weighted by Gasteiger charge is -2.16. The van der Waals surface area contributed by atoms with Gasteiger partial charge in [0.05, 0.1) is 23.0 Å². The molecule has 1 aromatic carbocycles. The van der Waals surface area contributed by atoms with Gasteiger partial charge in [0.2, 0.25) is 0 Å². The number of nitrogens with zero attached hydrogens (tertiary/aromatic N) is 2. The Labute approximate surface area is 123 Å². The van der Waals surface area contributed by atoms with E-state index in [4.69, 9.17) is 28.9 Å². The molecule has 5 heteroatoms. The first-order chi connectivity index (χ1) is 9.04. The molecular weight excluding hydrogens is 281 g/mol. The molecule has 2 N–H and O–H groups in total. The van der Waals surface area contributed by atoms with Gasteiger partial charge >= 0.3 is 0 Å². The normalized spacial score (nSPS) is 12.7. The summed E-state index contributed by atoms with van der Waals surface area (Å²) in [5, 5.41) is 5.62. The van der Waals surface area contributed by atoms with Gasteiger partial charge in [-0.1, -0.05) is 42.3 Å². The minimum absolute atomic E-state index is 0.294. The smallest absolute Gasteiger partial charge is 0.0837 e. The lowest BCUT2D eigenvalue weighted by molar-refractivity contribution is 0.560. The zero-order valence-electron chi connectivity index (χ0n) is 11.0.